The van der Waals surface area contributed by atoms with Crippen LogP contribution in [0, 0.1) is 0 Å². The molecule has 1 aromatic heterocycles. The number of halogens is 3. The Balaban J connectivity index is 0.000000256. The molecule has 4 nitrogen and oxygen atoms in total. The molecule has 2 heterocycles. The van der Waals surface area contributed by atoms with E-state index in [1.807, 2.05) is 30.3 Å². The van der Waals surface area contributed by atoms with Gasteiger partial charge in [-0.1, -0.05) is 42.1 Å². The molecule has 1 atom stereocenters. The molecule has 1 saturated heterocycles. The smallest absolute Gasteiger partial charge is 0.339 e. The van der Waals surface area contributed by atoms with Gasteiger partial charge in [0.1, 0.15) is 0 Å². The molecular weight excluding hydrogens is 319 g/mol. The van der Waals surface area contributed by atoms with Crippen molar-refractivity contribution in [2.45, 2.75) is 31.9 Å². The lowest BCUT2D eigenvalue weighted by atomic mass is 10.00. The van der Waals surface area contributed by atoms with Gasteiger partial charge in [-0.2, -0.15) is 18.2 Å². The summed E-state index contributed by atoms with van der Waals surface area (Å²) < 4.78 is 38.6. The summed E-state index contributed by atoms with van der Waals surface area (Å²) >= 11 is 0. The average molecular weight is 339 g/mol. The van der Waals surface area contributed by atoms with E-state index in [1.165, 1.54) is 6.42 Å². The van der Waals surface area contributed by atoms with E-state index in [0.29, 0.717) is 11.7 Å². The minimum absolute atomic E-state index is 0.369. The van der Waals surface area contributed by atoms with Crippen molar-refractivity contribution in [1.82, 2.24) is 15.5 Å². The van der Waals surface area contributed by atoms with Gasteiger partial charge in [0.15, 0.2) is 0 Å². The summed E-state index contributed by atoms with van der Waals surface area (Å²) in [6, 6.07) is 9.93. The van der Waals surface area contributed by atoms with E-state index in [1.54, 1.807) is 0 Å². The second kappa shape index (κ2) is 8.10. The maximum atomic E-state index is 11.1. The van der Waals surface area contributed by atoms with E-state index in [4.69, 9.17) is 4.52 Å². The van der Waals surface area contributed by atoms with Crippen LogP contribution in [0.15, 0.2) is 47.0 Å². The van der Waals surface area contributed by atoms with Gasteiger partial charge in [-0.15, -0.1) is 0 Å². The first-order valence-corrected chi connectivity index (χ1v) is 7.70. The molecule has 1 aliphatic heterocycles. The Morgan fingerprint density at radius 2 is 1.96 bits per heavy atom. The van der Waals surface area contributed by atoms with Crippen molar-refractivity contribution < 1.29 is 17.7 Å². The molecule has 0 amide bonds. The molecule has 1 aliphatic rings. The molecule has 0 saturated carbocycles. The number of benzene rings is 1. The lowest BCUT2D eigenvalue weighted by molar-refractivity contribution is -0.0909. The first-order valence-electron chi connectivity index (χ1n) is 7.70. The van der Waals surface area contributed by atoms with E-state index < -0.39 is 11.7 Å². The van der Waals surface area contributed by atoms with Gasteiger partial charge in [0, 0.05) is 17.7 Å². The second-order valence-corrected chi connectivity index (χ2v) is 5.64. The molecule has 1 unspecified atom stereocenters. The number of aromatic nitrogens is 2. The van der Waals surface area contributed by atoms with Crippen molar-refractivity contribution in [3.05, 3.63) is 48.4 Å². The van der Waals surface area contributed by atoms with Crippen LogP contribution in [-0.4, -0.2) is 29.4 Å². The lowest BCUT2D eigenvalue weighted by Gasteiger charge is -2.18. The molecule has 2 aromatic rings. The number of nitrogens with one attached hydrogen (secondary N) is 1. The minimum atomic E-state index is -4.19. The van der Waals surface area contributed by atoms with Crippen LogP contribution in [0.5, 0.6) is 0 Å². The number of alkyl halides is 3. The van der Waals surface area contributed by atoms with Crippen LogP contribution in [0.1, 0.15) is 31.6 Å². The molecule has 0 bridgehead atoms. The van der Waals surface area contributed by atoms with E-state index >= 15 is 0 Å². The summed E-state index contributed by atoms with van der Waals surface area (Å²) in [5.74, 6) is 1.82. The fourth-order valence-electron chi connectivity index (χ4n) is 2.17. The van der Waals surface area contributed by atoms with Crippen LogP contribution in [0.2, 0.25) is 0 Å². The van der Waals surface area contributed by atoms with Gasteiger partial charge in [0.25, 0.3) is 0 Å². The molecule has 1 N–H and O–H groups in total. The van der Waals surface area contributed by atoms with Gasteiger partial charge < -0.3 is 9.84 Å². The maximum absolute atomic E-state index is 11.1. The number of hydrogen-bond acceptors (Lipinski definition) is 4. The SMILES string of the molecule is C=C(C)C(F)(F)F.c1ccc(-c2noc(C3CCCNC3)n2)cc1. The van der Waals surface area contributed by atoms with Gasteiger partial charge in [0.2, 0.25) is 11.7 Å². The van der Waals surface area contributed by atoms with Gasteiger partial charge >= 0.3 is 6.18 Å². The second-order valence-electron chi connectivity index (χ2n) is 5.64. The Bertz CT molecular complexity index is 647. The third-order valence-electron chi connectivity index (χ3n) is 3.60. The molecule has 3 rings (SSSR count). The fourth-order valence-corrected chi connectivity index (χ4v) is 2.17. The molecule has 0 aliphatic carbocycles. The topological polar surface area (TPSA) is 51.0 Å². The highest BCUT2D eigenvalue weighted by molar-refractivity contribution is 5.53. The summed E-state index contributed by atoms with van der Waals surface area (Å²) in [5.41, 5.74) is 0.249. The number of nitrogens with zero attached hydrogens (tertiary/aromatic N) is 2. The molecule has 0 radical (unpaired) electrons. The predicted molar refractivity (Wildman–Crippen MR) is 85.4 cm³/mol. The third kappa shape index (κ3) is 5.19. The minimum Gasteiger partial charge on any atom is -0.339 e. The van der Waals surface area contributed by atoms with Crippen molar-refractivity contribution >= 4 is 0 Å². The summed E-state index contributed by atoms with van der Waals surface area (Å²) in [5, 5.41) is 7.40. The van der Waals surface area contributed by atoms with E-state index in [2.05, 4.69) is 22.0 Å². The molecule has 130 valence electrons. The van der Waals surface area contributed by atoms with E-state index in [0.717, 1.165) is 37.9 Å². The zero-order valence-corrected chi connectivity index (χ0v) is 13.4. The van der Waals surface area contributed by atoms with Crippen LogP contribution in [0.4, 0.5) is 13.2 Å². The highest BCUT2D eigenvalue weighted by Crippen LogP contribution is 2.24. The van der Waals surface area contributed by atoms with E-state index in [9.17, 15) is 13.2 Å². The highest BCUT2D eigenvalue weighted by atomic mass is 19.4. The predicted octanol–water partition coefficient (Wildman–Crippen LogP) is 4.33. The molecule has 0 spiro atoms. The van der Waals surface area contributed by atoms with Crippen molar-refractivity contribution in [2.75, 3.05) is 13.1 Å². The van der Waals surface area contributed by atoms with Gasteiger partial charge in [-0.05, 0) is 26.3 Å². The van der Waals surface area contributed by atoms with Gasteiger partial charge in [-0.25, -0.2) is 0 Å². The Labute approximate surface area is 138 Å². The Morgan fingerprint density at radius 3 is 2.50 bits per heavy atom. The number of rotatable bonds is 2. The normalized spacial score (nSPS) is 17.8. The summed E-state index contributed by atoms with van der Waals surface area (Å²) in [7, 11) is 0. The number of allylic oxidation sites excluding steroid dienone is 1. The summed E-state index contributed by atoms with van der Waals surface area (Å²) in [6.45, 7) is 5.67. The van der Waals surface area contributed by atoms with E-state index in [-0.39, 0.29) is 0 Å². The molecule has 1 fully saturated rings. The zero-order chi connectivity index (χ0) is 17.6. The van der Waals surface area contributed by atoms with Gasteiger partial charge in [0.05, 0.1) is 5.92 Å². The molecule has 24 heavy (non-hydrogen) atoms. The van der Waals surface area contributed by atoms with Crippen molar-refractivity contribution in [3.63, 3.8) is 0 Å². The van der Waals surface area contributed by atoms with Crippen molar-refractivity contribution in [1.29, 1.82) is 0 Å². The average Bonchev–Trinajstić information content (AvgIpc) is 3.06. The standard InChI is InChI=1S/C13H15N3O.C4H5F3/c1-2-5-10(6-3-1)12-15-13(17-16-12)11-7-4-8-14-9-11;1-3(2)4(5,6)7/h1-3,5-6,11,14H,4,7-9H2;1H2,2H3. The Kier molecular flexibility index (Phi) is 6.14. The van der Waals surface area contributed by atoms with Crippen LogP contribution in [0.3, 0.4) is 0 Å². The number of hydrogen-bond donors (Lipinski definition) is 1. The highest BCUT2D eigenvalue weighted by Gasteiger charge is 2.27. The molecule has 7 heteroatoms. The quantitative estimate of drug-likeness (QED) is 0.828. The van der Waals surface area contributed by atoms with Crippen LogP contribution < -0.4 is 5.32 Å². The van der Waals surface area contributed by atoms with Crippen LogP contribution >= 0.6 is 0 Å². The zero-order valence-electron chi connectivity index (χ0n) is 13.4. The Hall–Kier alpha value is -2.15. The van der Waals surface area contributed by atoms with Crippen LogP contribution in [-0.2, 0) is 0 Å². The number of piperidine rings is 1. The first-order chi connectivity index (χ1) is 11.4. The van der Waals surface area contributed by atoms with Crippen LogP contribution in [0.25, 0.3) is 11.4 Å². The lowest BCUT2D eigenvalue weighted by Crippen LogP contribution is -2.28. The maximum Gasteiger partial charge on any atom is 0.411 e. The summed E-state index contributed by atoms with van der Waals surface area (Å²) in [6.07, 6.45) is -1.89. The third-order valence-corrected chi connectivity index (χ3v) is 3.60. The molecular formula is C17H20F3N3O. The van der Waals surface area contributed by atoms with Crippen molar-refractivity contribution in [2.24, 2.45) is 0 Å². The molecule has 1 aromatic carbocycles. The van der Waals surface area contributed by atoms with Gasteiger partial charge in [-0.3, -0.25) is 0 Å². The fraction of sp³-hybridized carbons (Fsp3) is 0.412. The van der Waals surface area contributed by atoms with Crippen molar-refractivity contribution in [3.8, 4) is 11.4 Å². The Morgan fingerprint density at radius 1 is 1.29 bits per heavy atom. The largest absolute Gasteiger partial charge is 0.411 e. The monoisotopic (exact) mass is 339 g/mol. The first kappa shape index (κ1) is 18.2. The summed E-state index contributed by atoms with van der Waals surface area (Å²) in [4.78, 5) is 4.49.